The molecule has 1 spiro atoms. The van der Waals surface area contributed by atoms with Crippen molar-refractivity contribution < 1.29 is 5.11 Å². The van der Waals surface area contributed by atoms with Gasteiger partial charge in [-0.1, -0.05) is 42.5 Å². The van der Waals surface area contributed by atoms with E-state index in [0.717, 1.165) is 45.4 Å². The van der Waals surface area contributed by atoms with Gasteiger partial charge in [0, 0.05) is 17.3 Å². The third-order valence-electron chi connectivity index (χ3n) is 6.67. The van der Waals surface area contributed by atoms with Gasteiger partial charge in [-0.2, -0.15) is 5.10 Å². The molecular formula is C23H28N4O. The van der Waals surface area contributed by atoms with Crippen molar-refractivity contribution in [2.24, 2.45) is 0 Å². The Morgan fingerprint density at radius 1 is 1.11 bits per heavy atom. The number of nitrogens with zero attached hydrogens (tertiary/aromatic N) is 2. The number of aryl methyl sites for hydroxylation is 1. The predicted molar refractivity (Wildman–Crippen MR) is 111 cm³/mol. The second-order valence-electron chi connectivity index (χ2n) is 8.15. The Labute approximate surface area is 165 Å². The van der Waals surface area contributed by atoms with Gasteiger partial charge in [-0.05, 0) is 56.1 Å². The first-order valence-corrected chi connectivity index (χ1v) is 10.4. The third kappa shape index (κ3) is 2.85. The first-order valence-electron chi connectivity index (χ1n) is 10.4. The van der Waals surface area contributed by atoms with Gasteiger partial charge in [0.15, 0.2) is 0 Å². The van der Waals surface area contributed by atoms with Crippen LogP contribution < -0.4 is 10.6 Å². The summed E-state index contributed by atoms with van der Waals surface area (Å²) < 4.78 is 2.07. The van der Waals surface area contributed by atoms with Gasteiger partial charge in [0.2, 0.25) is 0 Å². The summed E-state index contributed by atoms with van der Waals surface area (Å²) >= 11 is 0. The minimum absolute atomic E-state index is 0.0173. The summed E-state index contributed by atoms with van der Waals surface area (Å²) in [5, 5.41) is 24.1. The van der Waals surface area contributed by atoms with E-state index in [1.165, 1.54) is 22.0 Å². The lowest BCUT2D eigenvalue weighted by atomic mass is 9.72. The van der Waals surface area contributed by atoms with Gasteiger partial charge in [-0.3, -0.25) is 4.68 Å². The summed E-state index contributed by atoms with van der Waals surface area (Å²) in [4.78, 5) is 0. The minimum Gasteiger partial charge on any atom is -0.390 e. The highest BCUT2D eigenvalue weighted by Crippen LogP contribution is 2.49. The SMILES string of the molecule is O[C@H]1[C@H](NCCCn2ncc3ccccc32)c2ccccc2C12CCNCC2. The summed E-state index contributed by atoms with van der Waals surface area (Å²) in [5.41, 5.74) is 3.71. The number of piperidine rings is 1. The molecule has 146 valence electrons. The number of para-hydroxylation sites is 1. The molecule has 0 unspecified atom stereocenters. The molecule has 1 saturated heterocycles. The van der Waals surface area contributed by atoms with Crippen molar-refractivity contribution in [3.63, 3.8) is 0 Å². The molecule has 2 atom stereocenters. The van der Waals surface area contributed by atoms with Gasteiger partial charge in [0.1, 0.15) is 0 Å². The predicted octanol–water partition coefficient (Wildman–Crippen LogP) is 2.75. The molecule has 5 nitrogen and oxygen atoms in total. The number of aliphatic hydroxyl groups is 1. The third-order valence-corrected chi connectivity index (χ3v) is 6.67. The Kier molecular flexibility index (Phi) is 4.67. The number of hydrogen-bond acceptors (Lipinski definition) is 4. The molecule has 0 amide bonds. The molecule has 0 radical (unpaired) electrons. The lowest BCUT2D eigenvalue weighted by Gasteiger charge is -2.39. The van der Waals surface area contributed by atoms with Crippen LogP contribution in [-0.2, 0) is 12.0 Å². The number of aliphatic hydroxyl groups excluding tert-OH is 1. The molecule has 1 aliphatic heterocycles. The number of rotatable bonds is 5. The maximum absolute atomic E-state index is 11.3. The highest BCUT2D eigenvalue weighted by molar-refractivity contribution is 5.78. The molecular weight excluding hydrogens is 348 g/mol. The Morgan fingerprint density at radius 2 is 1.89 bits per heavy atom. The highest BCUT2D eigenvalue weighted by atomic mass is 16.3. The van der Waals surface area contributed by atoms with Gasteiger partial charge < -0.3 is 15.7 Å². The zero-order valence-corrected chi connectivity index (χ0v) is 16.1. The van der Waals surface area contributed by atoms with E-state index in [1.807, 2.05) is 12.3 Å². The number of aromatic nitrogens is 2. The Balaban J connectivity index is 1.28. The van der Waals surface area contributed by atoms with Crippen molar-refractivity contribution in [3.8, 4) is 0 Å². The number of nitrogens with one attached hydrogen (secondary N) is 2. The molecule has 3 N–H and O–H groups in total. The number of benzene rings is 2. The van der Waals surface area contributed by atoms with E-state index in [2.05, 4.69) is 62.9 Å². The summed E-state index contributed by atoms with van der Waals surface area (Å²) in [6, 6.07) is 17.0. The lowest BCUT2D eigenvalue weighted by Crippen LogP contribution is -2.48. The number of hydrogen-bond donors (Lipinski definition) is 3. The van der Waals surface area contributed by atoms with Crippen LogP contribution in [0.25, 0.3) is 10.9 Å². The van der Waals surface area contributed by atoms with Crippen LogP contribution >= 0.6 is 0 Å². The molecule has 1 aliphatic carbocycles. The van der Waals surface area contributed by atoms with E-state index in [9.17, 15) is 5.11 Å². The van der Waals surface area contributed by atoms with Crippen LogP contribution in [0.5, 0.6) is 0 Å². The lowest BCUT2D eigenvalue weighted by molar-refractivity contribution is 0.0443. The summed E-state index contributed by atoms with van der Waals surface area (Å²) in [5.74, 6) is 0. The quantitative estimate of drug-likeness (QED) is 0.599. The zero-order valence-electron chi connectivity index (χ0n) is 16.1. The molecule has 2 heterocycles. The summed E-state index contributed by atoms with van der Waals surface area (Å²) in [6.07, 6.45) is 4.55. The van der Waals surface area contributed by atoms with Crippen LogP contribution in [0.2, 0.25) is 0 Å². The fraction of sp³-hybridized carbons (Fsp3) is 0.435. The fourth-order valence-electron chi connectivity index (χ4n) is 5.22. The van der Waals surface area contributed by atoms with Crippen molar-refractivity contribution >= 4 is 10.9 Å². The van der Waals surface area contributed by atoms with E-state index in [4.69, 9.17) is 0 Å². The van der Waals surface area contributed by atoms with Gasteiger partial charge in [-0.15, -0.1) is 0 Å². The van der Waals surface area contributed by atoms with Crippen LogP contribution in [0, 0.1) is 0 Å². The van der Waals surface area contributed by atoms with Crippen LogP contribution in [0.4, 0.5) is 0 Å². The zero-order chi connectivity index (χ0) is 19.0. The first kappa shape index (κ1) is 17.9. The first-order chi connectivity index (χ1) is 13.8. The number of fused-ring (bicyclic) bond motifs is 3. The van der Waals surface area contributed by atoms with E-state index >= 15 is 0 Å². The standard InChI is InChI=1S/C23H28N4O/c28-22-21(18-7-2-3-8-19(18)23(22)10-13-24-14-11-23)25-12-5-15-27-20-9-4-1-6-17(20)16-26-27/h1-4,6-9,16,21-22,24-25,28H,5,10-15H2/t21-,22+/m1/s1. The van der Waals surface area contributed by atoms with Gasteiger partial charge in [0.05, 0.1) is 23.9 Å². The van der Waals surface area contributed by atoms with E-state index in [1.54, 1.807) is 0 Å². The van der Waals surface area contributed by atoms with Crippen LogP contribution in [-0.4, -0.2) is 40.6 Å². The van der Waals surface area contributed by atoms with Crippen molar-refractivity contribution in [2.75, 3.05) is 19.6 Å². The van der Waals surface area contributed by atoms with Crippen LogP contribution in [0.3, 0.4) is 0 Å². The second-order valence-corrected chi connectivity index (χ2v) is 8.15. The minimum atomic E-state index is -0.363. The largest absolute Gasteiger partial charge is 0.390 e. The van der Waals surface area contributed by atoms with E-state index < -0.39 is 0 Å². The second kappa shape index (κ2) is 7.32. The molecule has 2 aliphatic rings. The monoisotopic (exact) mass is 376 g/mol. The van der Waals surface area contributed by atoms with Crippen molar-refractivity contribution in [2.45, 2.75) is 43.4 Å². The Morgan fingerprint density at radius 3 is 2.79 bits per heavy atom. The molecule has 0 bridgehead atoms. The fourth-order valence-corrected chi connectivity index (χ4v) is 5.22. The molecule has 3 aromatic rings. The highest BCUT2D eigenvalue weighted by Gasteiger charge is 2.51. The van der Waals surface area contributed by atoms with Crippen molar-refractivity contribution in [1.82, 2.24) is 20.4 Å². The molecule has 28 heavy (non-hydrogen) atoms. The van der Waals surface area contributed by atoms with E-state index in [-0.39, 0.29) is 17.6 Å². The van der Waals surface area contributed by atoms with Crippen LogP contribution in [0.15, 0.2) is 54.7 Å². The molecule has 1 aromatic heterocycles. The van der Waals surface area contributed by atoms with Gasteiger partial charge in [0.25, 0.3) is 0 Å². The van der Waals surface area contributed by atoms with Crippen molar-refractivity contribution in [1.29, 1.82) is 0 Å². The average Bonchev–Trinajstić information content (AvgIpc) is 3.25. The van der Waals surface area contributed by atoms with Crippen molar-refractivity contribution in [3.05, 3.63) is 65.9 Å². The Bertz CT molecular complexity index is 960. The maximum atomic E-state index is 11.3. The Hall–Kier alpha value is -2.21. The van der Waals surface area contributed by atoms with Crippen LogP contribution in [0.1, 0.15) is 36.4 Å². The van der Waals surface area contributed by atoms with E-state index in [0.29, 0.717) is 0 Å². The summed E-state index contributed by atoms with van der Waals surface area (Å²) in [6.45, 7) is 3.69. The molecule has 1 fully saturated rings. The maximum Gasteiger partial charge on any atom is 0.0832 e. The van der Waals surface area contributed by atoms with Gasteiger partial charge in [-0.25, -0.2) is 0 Å². The average molecular weight is 377 g/mol. The molecule has 5 rings (SSSR count). The topological polar surface area (TPSA) is 62.1 Å². The smallest absolute Gasteiger partial charge is 0.0832 e. The molecule has 5 heteroatoms. The van der Waals surface area contributed by atoms with Gasteiger partial charge >= 0.3 is 0 Å². The normalized spacial score (nSPS) is 23.3. The summed E-state index contributed by atoms with van der Waals surface area (Å²) in [7, 11) is 0. The molecule has 0 saturated carbocycles. The molecule has 2 aromatic carbocycles.